The normalized spacial score (nSPS) is 11.5. The van der Waals surface area contributed by atoms with Crippen LogP contribution in [0.5, 0.6) is 0 Å². The molecule has 6 heteroatoms. The van der Waals surface area contributed by atoms with Crippen molar-refractivity contribution in [2.45, 2.75) is 13.8 Å². The van der Waals surface area contributed by atoms with E-state index in [1.54, 1.807) is 0 Å². The molecule has 0 aromatic rings. The molecule has 0 fully saturated rings. The molecule has 0 aliphatic heterocycles. The van der Waals surface area contributed by atoms with Crippen molar-refractivity contribution in [3.63, 3.8) is 0 Å². The molecule has 0 radical (unpaired) electrons. The van der Waals surface area contributed by atoms with E-state index in [0.29, 0.717) is 0 Å². The van der Waals surface area contributed by atoms with Gasteiger partial charge in [-0.1, -0.05) is 0 Å². The third-order valence-electron chi connectivity index (χ3n) is 1.85. The molecule has 0 rings (SSSR count). The van der Waals surface area contributed by atoms with Crippen LogP contribution in [0.1, 0.15) is 13.8 Å². The summed E-state index contributed by atoms with van der Waals surface area (Å²) in [6, 6.07) is -0.586. The maximum atomic E-state index is 11.3. The van der Waals surface area contributed by atoms with Crippen molar-refractivity contribution in [3.8, 4) is 0 Å². The number of carbonyl (C=O) groups excluding carboxylic acids is 2. The van der Waals surface area contributed by atoms with Crippen LogP contribution in [0.3, 0.4) is 0 Å². The fourth-order valence-electron chi connectivity index (χ4n) is 0.633. The molecule has 0 aliphatic rings. The van der Waals surface area contributed by atoms with Crippen LogP contribution >= 0.6 is 0 Å². The van der Waals surface area contributed by atoms with E-state index in [1.165, 1.54) is 32.8 Å². The SMILES string of the molecule is CC(C(=O)O)=C(C)C(=O)NC(=O)N(C)C. The van der Waals surface area contributed by atoms with E-state index in [9.17, 15) is 14.4 Å². The second kappa shape index (κ2) is 5.14. The monoisotopic (exact) mass is 214 g/mol. The van der Waals surface area contributed by atoms with Gasteiger partial charge < -0.3 is 10.0 Å². The minimum absolute atomic E-state index is 0.0118. The highest BCUT2D eigenvalue weighted by Crippen LogP contribution is 2.03. The van der Waals surface area contributed by atoms with E-state index in [1.807, 2.05) is 5.32 Å². The van der Waals surface area contributed by atoms with Crippen LogP contribution in [0.25, 0.3) is 0 Å². The second-order valence-electron chi connectivity index (χ2n) is 3.21. The number of urea groups is 1. The Kier molecular flexibility index (Phi) is 4.50. The van der Waals surface area contributed by atoms with E-state index in [0.717, 1.165) is 0 Å². The Bertz CT molecular complexity index is 331. The molecule has 0 heterocycles. The van der Waals surface area contributed by atoms with E-state index < -0.39 is 17.9 Å². The molecule has 0 bridgehead atoms. The molecule has 0 saturated carbocycles. The summed E-state index contributed by atoms with van der Waals surface area (Å²) in [6.45, 7) is 2.65. The molecule has 0 spiro atoms. The number of hydrogen-bond acceptors (Lipinski definition) is 3. The molecule has 15 heavy (non-hydrogen) atoms. The van der Waals surface area contributed by atoms with Gasteiger partial charge in [-0.15, -0.1) is 0 Å². The Morgan fingerprint density at radius 2 is 1.53 bits per heavy atom. The summed E-state index contributed by atoms with van der Waals surface area (Å²) in [6.07, 6.45) is 0. The van der Waals surface area contributed by atoms with E-state index in [-0.39, 0.29) is 11.1 Å². The molecule has 0 saturated heterocycles. The number of imide groups is 1. The number of aliphatic carboxylic acids is 1. The van der Waals surface area contributed by atoms with Crippen LogP contribution in [0.4, 0.5) is 4.79 Å². The lowest BCUT2D eigenvalue weighted by Crippen LogP contribution is -2.39. The standard InChI is InChI=1S/C9H14N2O4/c1-5(6(2)8(13)14)7(12)10-9(15)11(3)4/h1-4H3,(H,13,14)(H,10,12,15). The number of carboxylic acids is 1. The van der Waals surface area contributed by atoms with Gasteiger partial charge in [-0.3, -0.25) is 10.1 Å². The molecule has 84 valence electrons. The third-order valence-corrected chi connectivity index (χ3v) is 1.85. The smallest absolute Gasteiger partial charge is 0.331 e. The molecule has 0 unspecified atom stereocenters. The maximum absolute atomic E-state index is 11.3. The van der Waals surface area contributed by atoms with E-state index >= 15 is 0 Å². The Balaban J connectivity index is 4.68. The maximum Gasteiger partial charge on any atom is 0.331 e. The van der Waals surface area contributed by atoms with Gasteiger partial charge in [0.05, 0.1) is 0 Å². The Labute approximate surface area is 87.6 Å². The van der Waals surface area contributed by atoms with Gasteiger partial charge in [0.15, 0.2) is 0 Å². The first-order valence-electron chi connectivity index (χ1n) is 4.20. The topological polar surface area (TPSA) is 86.7 Å². The van der Waals surface area contributed by atoms with E-state index in [2.05, 4.69) is 0 Å². The van der Waals surface area contributed by atoms with Crippen molar-refractivity contribution in [1.82, 2.24) is 10.2 Å². The minimum atomic E-state index is -1.18. The van der Waals surface area contributed by atoms with Gasteiger partial charge in [-0.25, -0.2) is 9.59 Å². The van der Waals surface area contributed by atoms with Crippen LogP contribution in [0, 0.1) is 0 Å². The summed E-state index contributed by atoms with van der Waals surface area (Å²) in [5.74, 6) is -1.88. The van der Waals surface area contributed by atoms with Crippen LogP contribution in [0.2, 0.25) is 0 Å². The molecule has 0 aromatic heterocycles. The number of nitrogens with one attached hydrogen (secondary N) is 1. The van der Waals surface area contributed by atoms with Gasteiger partial charge in [-0.2, -0.15) is 0 Å². The largest absolute Gasteiger partial charge is 0.478 e. The summed E-state index contributed by atoms with van der Waals surface area (Å²) < 4.78 is 0. The highest BCUT2D eigenvalue weighted by Gasteiger charge is 2.15. The molecule has 6 nitrogen and oxygen atoms in total. The lowest BCUT2D eigenvalue weighted by molar-refractivity contribution is -0.133. The van der Waals surface area contributed by atoms with Crippen LogP contribution in [-0.2, 0) is 9.59 Å². The number of hydrogen-bond donors (Lipinski definition) is 2. The summed E-state index contributed by atoms with van der Waals surface area (Å²) in [4.78, 5) is 34.1. The summed E-state index contributed by atoms with van der Waals surface area (Å²) in [5.41, 5.74) is -0.0724. The van der Waals surface area contributed by atoms with Gasteiger partial charge in [0.1, 0.15) is 0 Å². The fourth-order valence-corrected chi connectivity index (χ4v) is 0.633. The average molecular weight is 214 g/mol. The first kappa shape index (κ1) is 13.2. The lowest BCUT2D eigenvalue weighted by atomic mass is 10.1. The number of rotatable bonds is 2. The van der Waals surface area contributed by atoms with Crippen molar-refractivity contribution in [2.24, 2.45) is 0 Å². The van der Waals surface area contributed by atoms with Crippen molar-refractivity contribution in [2.75, 3.05) is 14.1 Å². The van der Waals surface area contributed by atoms with Gasteiger partial charge >= 0.3 is 12.0 Å². The second-order valence-corrected chi connectivity index (χ2v) is 3.21. The van der Waals surface area contributed by atoms with Gasteiger partial charge in [0.25, 0.3) is 5.91 Å². The van der Waals surface area contributed by atoms with Gasteiger partial charge in [0, 0.05) is 25.2 Å². The summed E-state index contributed by atoms with van der Waals surface area (Å²) in [7, 11) is 2.96. The van der Waals surface area contributed by atoms with Gasteiger partial charge in [0.2, 0.25) is 0 Å². The molecule has 3 amide bonds. The Morgan fingerprint density at radius 1 is 1.07 bits per heavy atom. The molecular weight excluding hydrogens is 200 g/mol. The number of nitrogens with zero attached hydrogens (tertiary/aromatic N) is 1. The Hall–Kier alpha value is -1.85. The quantitative estimate of drug-likeness (QED) is 0.643. The zero-order valence-electron chi connectivity index (χ0n) is 9.12. The van der Waals surface area contributed by atoms with Crippen LogP contribution in [0.15, 0.2) is 11.1 Å². The molecule has 2 N–H and O–H groups in total. The predicted molar refractivity (Wildman–Crippen MR) is 53.2 cm³/mol. The van der Waals surface area contributed by atoms with Crippen molar-refractivity contribution < 1.29 is 19.5 Å². The first-order chi connectivity index (χ1) is 6.77. The Morgan fingerprint density at radius 3 is 1.87 bits per heavy atom. The molecule has 0 aliphatic carbocycles. The van der Waals surface area contributed by atoms with Crippen LogP contribution < -0.4 is 5.32 Å². The highest BCUT2D eigenvalue weighted by molar-refractivity contribution is 6.07. The van der Waals surface area contributed by atoms with E-state index in [4.69, 9.17) is 5.11 Å². The number of carboxylic acid groups (broad SMARTS) is 1. The predicted octanol–water partition coefficient (Wildman–Crippen LogP) is 0.205. The minimum Gasteiger partial charge on any atom is -0.478 e. The van der Waals surface area contributed by atoms with Crippen molar-refractivity contribution >= 4 is 17.9 Å². The number of carbonyl (C=O) groups is 3. The van der Waals surface area contributed by atoms with Crippen molar-refractivity contribution in [3.05, 3.63) is 11.1 Å². The zero-order valence-corrected chi connectivity index (χ0v) is 9.12. The van der Waals surface area contributed by atoms with Crippen LogP contribution in [-0.4, -0.2) is 42.0 Å². The average Bonchev–Trinajstić information content (AvgIpc) is 2.14. The molecule has 0 atom stereocenters. The highest BCUT2D eigenvalue weighted by atomic mass is 16.4. The lowest BCUT2D eigenvalue weighted by Gasteiger charge is -2.11. The fraction of sp³-hybridized carbons (Fsp3) is 0.444. The molecular formula is C9H14N2O4. The van der Waals surface area contributed by atoms with Crippen molar-refractivity contribution in [1.29, 1.82) is 0 Å². The third kappa shape index (κ3) is 3.80. The number of amides is 3. The molecule has 0 aromatic carbocycles. The summed E-state index contributed by atoms with van der Waals surface area (Å²) in [5, 5.41) is 10.7. The first-order valence-corrected chi connectivity index (χ1v) is 4.20. The summed E-state index contributed by atoms with van der Waals surface area (Å²) >= 11 is 0. The zero-order chi connectivity index (χ0) is 12.2. The van der Waals surface area contributed by atoms with Gasteiger partial charge in [-0.05, 0) is 13.8 Å².